The minimum absolute atomic E-state index is 0. The number of benzene rings is 1. The van der Waals surface area contributed by atoms with Crippen molar-refractivity contribution in [2.75, 3.05) is 0 Å². The Morgan fingerprint density at radius 1 is 0.947 bits per heavy atom. The average molecular weight is 330 g/mol. The van der Waals surface area contributed by atoms with Gasteiger partial charge in [0.05, 0.1) is 0 Å². The maximum atomic E-state index is 11.8. The molecule has 0 fully saturated rings. The summed E-state index contributed by atoms with van der Waals surface area (Å²) in [6.45, 7) is 0. The van der Waals surface area contributed by atoms with Gasteiger partial charge in [-0.2, -0.15) is 23.4 Å². The number of halogens is 2. The fraction of sp³-hybridized carbons (Fsp3) is 0. The molecule has 2 aromatic rings. The number of rotatable bonds is 3. The zero-order valence-electron chi connectivity index (χ0n) is 8.62. The molecule has 1 aromatic heterocycles. The van der Waals surface area contributed by atoms with Crippen molar-refractivity contribution in [1.29, 1.82) is 0 Å². The Kier molecular flexibility index (Phi) is 5.97. The van der Waals surface area contributed by atoms with Gasteiger partial charge >= 0.3 is 45.7 Å². The standard InChI is InChI=1S/C9H5Cl2N3O3S.Na.H/c10-7-12-8(11)14-9(13-7)17-18(15,16)6-4-2-1-3-5-6;;/h1-5H;;. The fourth-order valence-corrected chi connectivity index (χ4v) is 2.29. The molecule has 0 bridgehead atoms. The second-order valence-corrected chi connectivity index (χ2v) is 5.23. The van der Waals surface area contributed by atoms with Gasteiger partial charge in [0, 0.05) is 0 Å². The van der Waals surface area contributed by atoms with Crippen LogP contribution >= 0.6 is 23.2 Å². The van der Waals surface area contributed by atoms with Gasteiger partial charge in [0.25, 0.3) is 0 Å². The molecule has 0 saturated carbocycles. The fourth-order valence-electron chi connectivity index (χ4n) is 1.08. The molecule has 0 spiro atoms. The van der Waals surface area contributed by atoms with Crippen LogP contribution in [0.3, 0.4) is 0 Å². The van der Waals surface area contributed by atoms with E-state index in [0.29, 0.717) is 0 Å². The van der Waals surface area contributed by atoms with Crippen molar-refractivity contribution < 1.29 is 12.6 Å². The van der Waals surface area contributed by atoms with Crippen LogP contribution in [0.2, 0.25) is 10.6 Å². The van der Waals surface area contributed by atoms with E-state index in [-0.39, 0.29) is 45.0 Å². The molecule has 0 amide bonds. The normalized spacial score (nSPS) is 10.6. The molecular weight excluding hydrogens is 324 g/mol. The van der Waals surface area contributed by atoms with Crippen molar-refractivity contribution in [3.05, 3.63) is 40.9 Å². The first-order valence-electron chi connectivity index (χ1n) is 4.54. The van der Waals surface area contributed by atoms with Gasteiger partial charge in [0.15, 0.2) is 0 Å². The van der Waals surface area contributed by atoms with E-state index in [0.717, 1.165) is 0 Å². The van der Waals surface area contributed by atoms with E-state index in [4.69, 9.17) is 27.4 Å². The summed E-state index contributed by atoms with van der Waals surface area (Å²) in [5.74, 6) is 0. The summed E-state index contributed by atoms with van der Waals surface area (Å²) in [6.07, 6.45) is 0. The number of aromatic nitrogens is 3. The van der Waals surface area contributed by atoms with E-state index >= 15 is 0 Å². The SMILES string of the molecule is O=S(=O)(Oc1nc(Cl)nc(Cl)n1)c1ccccc1.[NaH]. The summed E-state index contributed by atoms with van der Waals surface area (Å²) in [4.78, 5) is 10.4. The molecule has 0 N–H and O–H groups in total. The quantitative estimate of drug-likeness (QED) is 0.623. The Bertz CT molecular complexity index is 649. The summed E-state index contributed by atoms with van der Waals surface area (Å²) in [5, 5.41) is -0.512. The Labute approximate surface area is 141 Å². The van der Waals surface area contributed by atoms with Crippen LogP contribution in [0.4, 0.5) is 0 Å². The molecule has 6 nitrogen and oxygen atoms in total. The minimum atomic E-state index is -4.02. The molecule has 0 aliphatic rings. The summed E-state index contributed by atoms with van der Waals surface area (Å²) >= 11 is 11.0. The first-order chi connectivity index (χ1) is 8.47. The van der Waals surface area contributed by atoms with Gasteiger partial charge < -0.3 is 4.18 Å². The summed E-state index contributed by atoms with van der Waals surface area (Å²) < 4.78 is 28.3. The van der Waals surface area contributed by atoms with Gasteiger partial charge in [0.2, 0.25) is 10.6 Å². The molecule has 0 aliphatic carbocycles. The number of hydrogen-bond acceptors (Lipinski definition) is 6. The molecule has 0 unspecified atom stereocenters. The molecule has 0 aliphatic heterocycles. The summed E-state index contributed by atoms with van der Waals surface area (Å²) in [6, 6.07) is 7.06. The van der Waals surface area contributed by atoms with Crippen LogP contribution in [0.1, 0.15) is 0 Å². The molecule has 96 valence electrons. The van der Waals surface area contributed by atoms with Crippen molar-refractivity contribution in [3.63, 3.8) is 0 Å². The molecule has 10 heteroatoms. The molecule has 1 aromatic carbocycles. The Balaban J connectivity index is 0.00000180. The number of hydrogen-bond donors (Lipinski definition) is 0. The molecule has 19 heavy (non-hydrogen) atoms. The zero-order valence-corrected chi connectivity index (χ0v) is 10.9. The van der Waals surface area contributed by atoms with Crippen molar-refractivity contribution in [1.82, 2.24) is 15.0 Å². The topological polar surface area (TPSA) is 82.0 Å². The van der Waals surface area contributed by atoms with Crippen LogP contribution in [-0.2, 0) is 10.1 Å². The second-order valence-electron chi connectivity index (χ2n) is 3.01. The Morgan fingerprint density at radius 2 is 1.47 bits per heavy atom. The van der Waals surface area contributed by atoms with Crippen molar-refractivity contribution in [2.24, 2.45) is 0 Å². The third-order valence-electron chi connectivity index (χ3n) is 1.78. The molecule has 2 rings (SSSR count). The monoisotopic (exact) mass is 329 g/mol. The van der Waals surface area contributed by atoms with Crippen LogP contribution in [-0.4, -0.2) is 52.9 Å². The predicted molar refractivity (Wildman–Crippen MR) is 71.3 cm³/mol. The molecule has 1 heterocycles. The van der Waals surface area contributed by atoms with Crippen molar-refractivity contribution >= 4 is 62.9 Å². The maximum absolute atomic E-state index is 11.8. The van der Waals surface area contributed by atoms with E-state index < -0.39 is 16.1 Å². The third kappa shape index (κ3) is 4.55. The van der Waals surface area contributed by atoms with E-state index in [1.54, 1.807) is 18.2 Å². The Morgan fingerprint density at radius 3 is 2.00 bits per heavy atom. The van der Waals surface area contributed by atoms with Crippen LogP contribution in [0.15, 0.2) is 35.2 Å². The van der Waals surface area contributed by atoms with Gasteiger partial charge in [-0.15, -0.1) is 0 Å². The summed E-state index contributed by atoms with van der Waals surface area (Å²) in [7, 11) is -4.02. The van der Waals surface area contributed by atoms with E-state index in [1.807, 2.05) is 0 Å². The zero-order chi connectivity index (χ0) is 13.2. The first kappa shape index (κ1) is 16.6. The molecule has 0 radical (unpaired) electrons. The Hall–Kier alpha value is -0.440. The van der Waals surface area contributed by atoms with Gasteiger partial charge in [-0.3, -0.25) is 0 Å². The van der Waals surface area contributed by atoms with E-state index in [2.05, 4.69) is 15.0 Å². The van der Waals surface area contributed by atoms with Crippen molar-refractivity contribution in [2.45, 2.75) is 4.90 Å². The molecular formula is C9H6Cl2N3NaO3S. The van der Waals surface area contributed by atoms with E-state index in [1.165, 1.54) is 12.1 Å². The van der Waals surface area contributed by atoms with Crippen LogP contribution < -0.4 is 4.18 Å². The van der Waals surface area contributed by atoms with Gasteiger partial charge in [0.1, 0.15) is 4.90 Å². The predicted octanol–water partition coefficient (Wildman–Crippen LogP) is 1.30. The third-order valence-corrected chi connectivity index (χ3v) is 3.33. The van der Waals surface area contributed by atoms with Gasteiger partial charge in [-0.05, 0) is 35.3 Å². The second kappa shape index (κ2) is 6.83. The van der Waals surface area contributed by atoms with Crippen LogP contribution in [0.25, 0.3) is 0 Å². The molecule has 0 saturated heterocycles. The van der Waals surface area contributed by atoms with Crippen LogP contribution in [0, 0.1) is 0 Å². The van der Waals surface area contributed by atoms with E-state index in [9.17, 15) is 8.42 Å². The average Bonchev–Trinajstić information content (AvgIpc) is 2.28. The first-order valence-corrected chi connectivity index (χ1v) is 6.70. The van der Waals surface area contributed by atoms with Gasteiger partial charge in [-0.1, -0.05) is 18.2 Å². The van der Waals surface area contributed by atoms with Crippen LogP contribution in [0.5, 0.6) is 6.01 Å². The van der Waals surface area contributed by atoms with Gasteiger partial charge in [-0.25, -0.2) is 0 Å². The molecule has 0 atom stereocenters. The van der Waals surface area contributed by atoms with Crippen molar-refractivity contribution in [3.8, 4) is 6.01 Å². The number of nitrogens with zero attached hydrogens (tertiary/aromatic N) is 3. The summed E-state index contributed by atoms with van der Waals surface area (Å²) in [5.41, 5.74) is 0.